The second kappa shape index (κ2) is 15.6. The molecule has 2 fully saturated rings. The second-order valence-electron chi connectivity index (χ2n) is 12.9. The van der Waals surface area contributed by atoms with Gasteiger partial charge in [-0.05, 0) is 80.4 Å². The molecule has 2 saturated heterocycles. The Kier molecular flexibility index (Phi) is 11.1. The molecule has 4 aromatic rings. The van der Waals surface area contributed by atoms with Gasteiger partial charge in [0.05, 0.1) is 12.6 Å². The molecule has 250 valence electrons. The van der Waals surface area contributed by atoms with E-state index in [4.69, 9.17) is 26.8 Å². The molecule has 0 spiro atoms. The second-order valence-corrected chi connectivity index (χ2v) is 13.3. The van der Waals surface area contributed by atoms with Crippen LogP contribution in [-0.4, -0.2) is 86.0 Å². The number of piperidine rings is 1. The average molecular weight is 657 g/mol. The Hall–Kier alpha value is -3.53. The monoisotopic (exact) mass is 656 g/mol. The van der Waals surface area contributed by atoms with Gasteiger partial charge in [0, 0.05) is 91.3 Å². The molecular weight excluding hydrogens is 608 g/mol. The van der Waals surface area contributed by atoms with Crippen LogP contribution >= 0.6 is 11.6 Å². The van der Waals surface area contributed by atoms with Crippen LogP contribution in [0.5, 0.6) is 11.5 Å². The number of nitrogens with one attached hydrogen (secondary N) is 2. The average Bonchev–Trinajstić information content (AvgIpc) is 3.46. The van der Waals surface area contributed by atoms with Gasteiger partial charge >= 0.3 is 0 Å². The summed E-state index contributed by atoms with van der Waals surface area (Å²) in [5.74, 6) is 1.76. The van der Waals surface area contributed by atoms with Crippen molar-refractivity contribution in [3.05, 3.63) is 95.8 Å². The Bertz CT molecular complexity index is 1620. The molecule has 6 rings (SSSR count). The first-order valence-corrected chi connectivity index (χ1v) is 17.3. The van der Waals surface area contributed by atoms with E-state index < -0.39 is 0 Å². The molecule has 1 aromatic heterocycles. The molecule has 0 saturated carbocycles. The zero-order valence-corrected chi connectivity index (χ0v) is 28.4. The molecule has 4 N–H and O–H groups in total. The molecule has 0 atom stereocenters. The van der Waals surface area contributed by atoms with Crippen molar-refractivity contribution in [3.8, 4) is 22.6 Å². The Labute approximate surface area is 284 Å². The van der Waals surface area contributed by atoms with E-state index in [-0.39, 0.29) is 5.54 Å². The van der Waals surface area contributed by atoms with Crippen molar-refractivity contribution in [2.45, 2.75) is 37.9 Å². The number of methoxy groups -OCH3 is 1. The predicted octanol–water partition coefficient (Wildman–Crippen LogP) is 5.74. The minimum absolute atomic E-state index is 0.322. The van der Waals surface area contributed by atoms with Gasteiger partial charge in [0.15, 0.2) is 0 Å². The van der Waals surface area contributed by atoms with E-state index in [9.17, 15) is 0 Å². The number of aryl methyl sites for hydroxylation is 1. The number of nitrogens with two attached hydrogens (primary N) is 1. The first kappa shape index (κ1) is 33.4. The standard InChI is InChI=1S/C38H49ClN6O2/c1-29(38(40)14-17-41-18-15-38)42-16-5-19-45-28-35(33-6-3-4-7-37(33)46-2)34-26-30(8-13-36(34)45)27-44-22-20-43(21-23-44)24-25-47-32-11-9-31(39)10-12-32/h3-4,6-13,26,28,41-42H,1,5,14-25,27,40H2,2H3. The summed E-state index contributed by atoms with van der Waals surface area (Å²) in [5, 5.41) is 8.93. The number of rotatable bonds is 14. The molecule has 0 aliphatic carbocycles. The minimum atomic E-state index is -0.322. The first-order valence-electron chi connectivity index (χ1n) is 16.9. The maximum absolute atomic E-state index is 6.66. The summed E-state index contributed by atoms with van der Waals surface area (Å²) >= 11 is 5.99. The zero-order valence-electron chi connectivity index (χ0n) is 27.6. The van der Waals surface area contributed by atoms with E-state index in [2.05, 4.69) is 68.1 Å². The summed E-state index contributed by atoms with van der Waals surface area (Å²) in [6.45, 7) is 14.6. The Morgan fingerprint density at radius 3 is 2.47 bits per heavy atom. The quantitative estimate of drug-likeness (QED) is 0.149. The highest BCUT2D eigenvalue weighted by atomic mass is 35.5. The number of fused-ring (bicyclic) bond motifs is 1. The highest BCUT2D eigenvalue weighted by molar-refractivity contribution is 6.30. The summed E-state index contributed by atoms with van der Waals surface area (Å²) in [5.41, 5.74) is 12.2. The van der Waals surface area contributed by atoms with Crippen molar-refractivity contribution in [1.82, 2.24) is 25.0 Å². The zero-order chi connectivity index (χ0) is 32.6. The number of ether oxygens (including phenoxy) is 2. The molecule has 0 amide bonds. The molecule has 0 radical (unpaired) electrons. The largest absolute Gasteiger partial charge is 0.496 e. The van der Waals surface area contributed by atoms with Crippen molar-refractivity contribution in [1.29, 1.82) is 0 Å². The van der Waals surface area contributed by atoms with E-state index in [1.54, 1.807) is 7.11 Å². The van der Waals surface area contributed by atoms with Crippen LogP contribution in [0.1, 0.15) is 24.8 Å². The summed E-state index contributed by atoms with van der Waals surface area (Å²) in [7, 11) is 1.75. The van der Waals surface area contributed by atoms with Crippen LogP contribution in [-0.2, 0) is 13.1 Å². The third-order valence-electron chi connectivity index (χ3n) is 9.71. The molecule has 0 unspecified atom stereocenters. The lowest BCUT2D eigenvalue weighted by molar-refractivity contribution is 0.112. The minimum Gasteiger partial charge on any atom is -0.496 e. The Morgan fingerprint density at radius 2 is 1.70 bits per heavy atom. The number of nitrogens with zero attached hydrogens (tertiary/aromatic N) is 3. The van der Waals surface area contributed by atoms with Crippen LogP contribution in [0.4, 0.5) is 0 Å². The summed E-state index contributed by atoms with van der Waals surface area (Å²) < 4.78 is 14.1. The predicted molar refractivity (Wildman–Crippen MR) is 193 cm³/mol. The smallest absolute Gasteiger partial charge is 0.126 e. The number of hydrogen-bond acceptors (Lipinski definition) is 7. The van der Waals surface area contributed by atoms with Crippen molar-refractivity contribution in [3.63, 3.8) is 0 Å². The normalized spacial score (nSPS) is 17.1. The highest BCUT2D eigenvalue weighted by Crippen LogP contribution is 2.37. The van der Waals surface area contributed by atoms with Gasteiger partial charge in [-0.1, -0.05) is 42.4 Å². The Morgan fingerprint density at radius 1 is 0.957 bits per heavy atom. The lowest BCUT2D eigenvalue weighted by atomic mass is 9.86. The van der Waals surface area contributed by atoms with Crippen molar-refractivity contribution >= 4 is 22.5 Å². The molecule has 8 nitrogen and oxygen atoms in total. The third-order valence-corrected chi connectivity index (χ3v) is 9.97. The molecule has 2 aliphatic rings. The van der Waals surface area contributed by atoms with Crippen molar-refractivity contribution < 1.29 is 9.47 Å². The van der Waals surface area contributed by atoms with E-state index in [0.29, 0.717) is 6.61 Å². The van der Waals surface area contributed by atoms with Crippen LogP contribution in [0, 0.1) is 0 Å². The van der Waals surface area contributed by atoms with Gasteiger partial charge in [-0.15, -0.1) is 0 Å². The van der Waals surface area contributed by atoms with Gasteiger partial charge in [0.1, 0.15) is 18.1 Å². The summed E-state index contributed by atoms with van der Waals surface area (Å²) in [6.07, 6.45) is 5.10. The molecule has 0 bridgehead atoms. The van der Waals surface area contributed by atoms with Crippen molar-refractivity contribution in [2.75, 3.05) is 66.1 Å². The van der Waals surface area contributed by atoms with Crippen LogP contribution in [0.3, 0.4) is 0 Å². The molecule has 9 heteroatoms. The van der Waals surface area contributed by atoms with E-state index in [0.717, 1.165) is 112 Å². The molecular formula is C38H49ClN6O2. The first-order chi connectivity index (χ1) is 22.9. The molecule has 3 heterocycles. The van der Waals surface area contributed by atoms with Crippen LogP contribution < -0.4 is 25.8 Å². The van der Waals surface area contributed by atoms with Gasteiger partial charge < -0.3 is 30.4 Å². The fourth-order valence-electron chi connectivity index (χ4n) is 6.80. The molecule has 3 aromatic carbocycles. The van der Waals surface area contributed by atoms with Crippen LogP contribution in [0.2, 0.25) is 5.02 Å². The number of benzene rings is 3. The maximum Gasteiger partial charge on any atom is 0.126 e. The lowest BCUT2D eigenvalue weighted by Gasteiger charge is -2.36. The molecule has 47 heavy (non-hydrogen) atoms. The van der Waals surface area contributed by atoms with Gasteiger partial charge in [-0.3, -0.25) is 9.80 Å². The topological polar surface area (TPSA) is 80.0 Å². The van der Waals surface area contributed by atoms with E-state index in [1.807, 2.05) is 36.4 Å². The number of piperazine rings is 1. The lowest BCUT2D eigenvalue weighted by Crippen LogP contribution is -2.53. The summed E-state index contributed by atoms with van der Waals surface area (Å²) in [4.78, 5) is 5.04. The number of aromatic nitrogens is 1. The molecule has 2 aliphatic heterocycles. The highest BCUT2D eigenvalue weighted by Gasteiger charge is 2.30. The fraction of sp³-hybridized carbons (Fsp3) is 0.421. The fourth-order valence-corrected chi connectivity index (χ4v) is 6.93. The third kappa shape index (κ3) is 8.31. The van der Waals surface area contributed by atoms with Gasteiger partial charge in [-0.2, -0.15) is 0 Å². The number of hydrogen-bond donors (Lipinski definition) is 3. The van der Waals surface area contributed by atoms with Gasteiger partial charge in [0.2, 0.25) is 0 Å². The van der Waals surface area contributed by atoms with E-state index >= 15 is 0 Å². The van der Waals surface area contributed by atoms with Gasteiger partial charge in [0.25, 0.3) is 0 Å². The van der Waals surface area contributed by atoms with Gasteiger partial charge in [-0.25, -0.2) is 0 Å². The summed E-state index contributed by atoms with van der Waals surface area (Å²) in [6, 6.07) is 22.9. The van der Waals surface area contributed by atoms with Crippen molar-refractivity contribution in [2.24, 2.45) is 5.73 Å². The van der Waals surface area contributed by atoms with E-state index in [1.165, 1.54) is 22.0 Å². The maximum atomic E-state index is 6.66. The number of halogens is 1. The van der Waals surface area contributed by atoms with Crippen LogP contribution in [0.25, 0.3) is 22.0 Å². The van der Waals surface area contributed by atoms with Crippen LogP contribution in [0.15, 0.2) is 85.2 Å². The Balaban J connectivity index is 1.09. The SMILES string of the molecule is C=C(NCCCn1cc(-c2ccccc2OC)c2cc(CN3CCN(CCOc4ccc(Cl)cc4)CC3)ccc21)C1(N)CCNCC1. The number of para-hydroxylation sites is 1.